The van der Waals surface area contributed by atoms with Gasteiger partial charge in [0.2, 0.25) is 5.91 Å². The minimum atomic E-state index is -0.361. The van der Waals surface area contributed by atoms with Crippen molar-refractivity contribution in [2.45, 2.75) is 18.8 Å². The predicted octanol–water partition coefficient (Wildman–Crippen LogP) is 0.801. The largest absolute Gasteiger partial charge is 0.459 e. The second-order valence-corrected chi connectivity index (χ2v) is 4.43. The van der Waals surface area contributed by atoms with Crippen LogP contribution in [-0.2, 0) is 14.3 Å². The van der Waals surface area contributed by atoms with Crippen LogP contribution in [0.5, 0.6) is 0 Å². The van der Waals surface area contributed by atoms with E-state index in [9.17, 15) is 9.59 Å². The van der Waals surface area contributed by atoms with Gasteiger partial charge < -0.3 is 14.4 Å². The fraction of sp³-hybridized carbons (Fsp3) is 0.385. The van der Waals surface area contributed by atoms with E-state index in [2.05, 4.69) is 0 Å². The first-order valence-electron chi connectivity index (χ1n) is 5.91. The number of carbonyl (C=O) groups is 2. The van der Waals surface area contributed by atoms with Gasteiger partial charge >= 0.3 is 5.97 Å². The zero-order valence-electron chi connectivity index (χ0n) is 9.74. The van der Waals surface area contributed by atoms with Gasteiger partial charge in [0, 0.05) is 0 Å². The fourth-order valence-electron chi connectivity index (χ4n) is 2.17. The summed E-state index contributed by atoms with van der Waals surface area (Å²) < 4.78 is 10.7. The van der Waals surface area contributed by atoms with Gasteiger partial charge in [-0.15, -0.1) is 0 Å². The molecule has 1 aromatic carbocycles. The van der Waals surface area contributed by atoms with Crippen LogP contribution in [0.4, 0.5) is 0 Å². The van der Waals surface area contributed by atoms with Gasteiger partial charge in [0.15, 0.2) is 0 Å². The van der Waals surface area contributed by atoms with Crippen LogP contribution in [-0.4, -0.2) is 42.3 Å². The van der Waals surface area contributed by atoms with Gasteiger partial charge in [0.1, 0.15) is 18.9 Å². The number of esters is 1. The fourth-order valence-corrected chi connectivity index (χ4v) is 2.17. The van der Waals surface area contributed by atoms with E-state index in [1.165, 1.54) is 0 Å². The molecule has 2 fully saturated rings. The monoisotopic (exact) mass is 247 g/mol. The van der Waals surface area contributed by atoms with Crippen molar-refractivity contribution in [2.24, 2.45) is 0 Å². The average molecular weight is 247 g/mol. The van der Waals surface area contributed by atoms with E-state index in [0.29, 0.717) is 18.5 Å². The molecule has 5 heteroatoms. The molecule has 2 saturated heterocycles. The Kier molecular flexibility index (Phi) is 2.76. The van der Waals surface area contributed by atoms with Gasteiger partial charge in [-0.1, -0.05) is 18.2 Å². The summed E-state index contributed by atoms with van der Waals surface area (Å²) >= 11 is 0. The second-order valence-electron chi connectivity index (χ2n) is 4.43. The average Bonchev–Trinajstić information content (AvgIpc) is 2.74. The molecule has 3 rings (SSSR count). The topological polar surface area (TPSA) is 55.8 Å². The molecule has 2 atom stereocenters. The molecule has 0 bridgehead atoms. The van der Waals surface area contributed by atoms with Crippen LogP contribution in [0.25, 0.3) is 0 Å². The lowest BCUT2D eigenvalue weighted by atomic mass is 10.2. The van der Waals surface area contributed by atoms with Crippen LogP contribution >= 0.6 is 0 Å². The van der Waals surface area contributed by atoms with Gasteiger partial charge in [-0.2, -0.15) is 0 Å². The summed E-state index contributed by atoms with van der Waals surface area (Å²) in [5, 5.41) is 0. The van der Waals surface area contributed by atoms with Crippen molar-refractivity contribution in [3.63, 3.8) is 0 Å². The van der Waals surface area contributed by atoms with Crippen molar-refractivity contribution in [1.82, 2.24) is 4.90 Å². The Morgan fingerprint density at radius 1 is 1.39 bits per heavy atom. The summed E-state index contributed by atoms with van der Waals surface area (Å²) in [6, 6.07) is 8.82. The third kappa shape index (κ3) is 1.97. The molecule has 5 nitrogen and oxygen atoms in total. The first kappa shape index (κ1) is 11.2. The third-order valence-corrected chi connectivity index (χ3v) is 3.18. The normalized spacial score (nSPS) is 25.6. The Hall–Kier alpha value is -1.88. The van der Waals surface area contributed by atoms with Crippen LogP contribution in [0.3, 0.4) is 0 Å². The van der Waals surface area contributed by atoms with Crippen molar-refractivity contribution >= 4 is 11.9 Å². The molecular formula is C13H13NO4. The number of rotatable bonds is 3. The summed E-state index contributed by atoms with van der Waals surface area (Å²) in [6.45, 7) is 0.708. The Bertz CT molecular complexity index is 473. The lowest BCUT2D eigenvalue weighted by molar-refractivity contribution is -0.156. The molecule has 0 saturated carbocycles. The van der Waals surface area contributed by atoms with Gasteiger partial charge in [0.25, 0.3) is 0 Å². The summed E-state index contributed by atoms with van der Waals surface area (Å²) in [5.41, 5.74) is 0.523. The van der Waals surface area contributed by atoms with E-state index in [4.69, 9.17) is 9.47 Å². The highest BCUT2D eigenvalue weighted by Gasteiger charge is 2.45. The third-order valence-electron chi connectivity index (χ3n) is 3.18. The minimum Gasteiger partial charge on any atom is -0.459 e. The zero-order valence-corrected chi connectivity index (χ0v) is 9.74. The number of benzene rings is 1. The maximum absolute atomic E-state index is 11.7. The van der Waals surface area contributed by atoms with Crippen LogP contribution in [0.15, 0.2) is 30.3 Å². The Labute approximate surface area is 104 Å². The van der Waals surface area contributed by atoms with Gasteiger partial charge in [-0.3, -0.25) is 4.79 Å². The first-order valence-corrected chi connectivity index (χ1v) is 5.91. The molecule has 0 aromatic heterocycles. The number of hydrogen-bond donors (Lipinski definition) is 0. The molecule has 2 aliphatic rings. The molecule has 2 aliphatic heterocycles. The van der Waals surface area contributed by atoms with Crippen molar-refractivity contribution in [3.8, 4) is 0 Å². The van der Waals surface area contributed by atoms with Crippen molar-refractivity contribution in [3.05, 3.63) is 35.9 Å². The van der Waals surface area contributed by atoms with E-state index >= 15 is 0 Å². The van der Waals surface area contributed by atoms with Crippen molar-refractivity contribution in [2.75, 3.05) is 13.2 Å². The molecule has 2 heterocycles. The number of amides is 1. The second kappa shape index (κ2) is 4.42. The van der Waals surface area contributed by atoms with E-state index < -0.39 is 0 Å². The van der Waals surface area contributed by atoms with Crippen LogP contribution in [0.2, 0.25) is 0 Å². The number of fused-ring (bicyclic) bond motifs is 1. The molecular weight excluding hydrogens is 234 g/mol. The molecule has 1 aromatic rings. The zero-order chi connectivity index (χ0) is 12.5. The van der Waals surface area contributed by atoms with Crippen molar-refractivity contribution < 1.29 is 19.1 Å². The molecule has 1 amide bonds. The molecule has 0 radical (unpaired) electrons. The lowest BCUT2D eigenvalue weighted by Gasteiger charge is -2.31. The Balaban J connectivity index is 1.51. The van der Waals surface area contributed by atoms with Gasteiger partial charge in [-0.25, -0.2) is 4.79 Å². The first-order chi connectivity index (χ1) is 8.74. The van der Waals surface area contributed by atoms with E-state index in [1.54, 1.807) is 29.2 Å². The summed E-state index contributed by atoms with van der Waals surface area (Å²) in [5.74, 6) is -0.253. The molecule has 94 valence electrons. The SMILES string of the molecule is O=C(OCC1CN2C(=O)CC2O1)c1ccccc1. The maximum Gasteiger partial charge on any atom is 0.338 e. The van der Waals surface area contributed by atoms with Crippen molar-refractivity contribution in [1.29, 1.82) is 0 Å². The molecule has 0 aliphatic carbocycles. The molecule has 18 heavy (non-hydrogen) atoms. The standard InChI is InChI=1S/C13H13NO4/c15-11-6-12-14(11)7-10(18-12)8-17-13(16)9-4-2-1-3-5-9/h1-5,10,12H,6-8H2. The summed E-state index contributed by atoms with van der Waals surface area (Å²) in [4.78, 5) is 24.5. The van der Waals surface area contributed by atoms with E-state index in [-0.39, 0.29) is 30.8 Å². The van der Waals surface area contributed by atoms with Crippen LogP contribution < -0.4 is 0 Å². The minimum absolute atomic E-state index is 0.0991. The highest BCUT2D eigenvalue weighted by Crippen LogP contribution is 2.28. The summed E-state index contributed by atoms with van der Waals surface area (Å²) in [7, 11) is 0. The highest BCUT2D eigenvalue weighted by atomic mass is 16.6. The Morgan fingerprint density at radius 3 is 2.83 bits per heavy atom. The molecule has 2 unspecified atom stereocenters. The number of nitrogens with zero attached hydrogens (tertiary/aromatic N) is 1. The predicted molar refractivity (Wildman–Crippen MR) is 61.7 cm³/mol. The van der Waals surface area contributed by atoms with Crippen LogP contribution in [0.1, 0.15) is 16.8 Å². The molecule has 0 N–H and O–H groups in total. The summed E-state index contributed by atoms with van der Waals surface area (Å²) in [6.07, 6.45) is 0.149. The number of hydrogen-bond acceptors (Lipinski definition) is 4. The smallest absolute Gasteiger partial charge is 0.338 e. The van der Waals surface area contributed by atoms with E-state index in [0.717, 1.165) is 0 Å². The Morgan fingerprint density at radius 2 is 2.17 bits per heavy atom. The van der Waals surface area contributed by atoms with Gasteiger partial charge in [0.05, 0.1) is 18.5 Å². The number of ether oxygens (including phenoxy) is 2. The van der Waals surface area contributed by atoms with E-state index in [1.807, 2.05) is 6.07 Å². The molecule has 0 spiro atoms. The lowest BCUT2D eigenvalue weighted by Crippen LogP contribution is -2.48. The highest BCUT2D eigenvalue weighted by molar-refractivity contribution is 5.89. The number of carbonyl (C=O) groups excluding carboxylic acids is 2. The maximum atomic E-state index is 11.7. The van der Waals surface area contributed by atoms with Gasteiger partial charge in [-0.05, 0) is 12.1 Å². The number of β-lactam (4-membered cyclic amide) rings is 1. The van der Waals surface area contributed by atoms with Crippen LogP contribution in [0, 0.1) is 0 Å². The quantitative estimate of drug-likeness (QED) is 0.585.